The minimum Gasteiger partial charge on any atom is -0.467 e. The molecule has 1 saturated heterocycles. The van der Waals surface area contributed by atoms with E-state index in [2.05, 4.69) is 59.1 Å². The van der Waals surface area contributed by atoms with Gasteiger partial charge in [0.05, 0.1) is 31.3 Å². The van der Waals surface area contributed by atoms with Crippen molar-refractivity contribution in [3.63, 3.8) is 0 Å². The summed E-state index contributed by atoms with van der Waals surface area (Å²) in [7, 11) is 1.54. The Kier molecular flexibility index (Phi) is 25.0. The van der Waals surface area contributed by atoms with Gasteiger partial charge in [0.25, 0.3) is 5.91 Å². The number of hydrogen-bond acceptors (Lipinski definition) is 6. The first-order valence-corrected chi connectivity index (χ1v) is 18.5. The maximum atomic E-state index is 13.6. The Hall–Kier alpha value is -3.18. The van der Waals surface area contributed by atoms with Gasteiger partial charge in [-0.05, 0) is 36.8 Å². The molecule has 270 valence electrons. The number of unbranched alkanes of at least 4 members (excludes halogenated alkanes) is 4. The Morgan fingerprint density at radius 2 is 1.69 bits per heavy atom. The summed E-state index contributed by atoms with van der Waals surface area (Å²) >= 11 is 6.37. The minimum atomic E-state index is -1.02. The summed E-state index contributed by atoms with van der Waals surface area (Å²) in [5.41, 5.74) is 3.06. The maximum absolute atomic E-state index is 13.6. The zero-order chi connectivity index (χ0) is 36.5. The van der Waals surface area contributed by atoms with E-state index in [-0.39, 0.29) is 24.9 Å². The van der Waals surface area contributed by atoms with E-state index < -0.39 is 17.8 Å². The van der Waals surface area contributed by atoms with E-state index in [0.29, 0.717) is 13.1 Å². The van der Waals surface area contributed by atoms with Crippen molar-refractivity contribution < 1.29 is 13.9 Å². The normalized spacial score (nSPS) is 14.2. The lowest BCUT2D eigenvalue weighted by Gasteiger charge is -2.41. The van der Waals surface area contributed by atoms with Gasteiger partial charge in [-0.25, -0.2) is 4.39 Å². The summed E-state index contributed by atoms with van der Waals surface area (Å²) in [6.45, 7) is 21.2. The topological polar surface area (TPSA) is 82.3 Å². The number of aromatic nitrogens is 2. The lowest BCUT2D eigenvalue weighted by atomic mass is 9.93. The van der Waals surface area contributed by atoms with E-state index in [1.54, 1.807) is 7.11 Å². The quantitative estimate of drug-likeness (QED) is 0.145. The molecule has 1 aromatic carbocycles. The van der Waals surface area contributed by atoms with Gasteiger partial charge in [0.15, 0.2) is 5.83 Å². The summed E-state index contributed by atoms with van der Waals surface area (Å²) in [6, 6.07) is 9.77. The number of amides is 1. The van der Waals surface area contributed by atoms with Crippen LogP contribution in [0.5, 0.6) is 6.01 Å². The van der Waals surface area contributed by atoms with Crippen LogP contribution in [-0.4, -0.2) is 53.6 Å². The predicted molar refractivity (Wildman–Crippen MR) is 201 cm³/mol. The van der Waals surface area contributed by atoms with Crippen LogP contribution in [0.4, 0.5) is 10.2 Å². The summed E-state index contributed by atoms with van der Waals surface area (Å²) in [5.74, 6) is -0.919. The molecule has 0 saturated carbocycles. The largest absolute Gasteiger partial charge is 0.467 e. The van der Waals surface area contributed by atoms with Gasteiger partial charge in [0, 0.05) is 30.2 Å². The molecule has 3 rings (SSSR count). The van der Waals surface area contributed by atoms with Crippen molar-refractivity contribution in [3.05, 3.63) is 58.5 Å². The highest BCUT2D eigenvalue weighted by atomic mass is 35.5. The average molecular weight is 688 g/mol. The van der Waals surface area contributed by atoms with Crippen molar-refractivity contribution in [2.45, 2.75) is 138 Å². The van der Waals surface area contributed by atoms with Gasteiger partial charge in [-0.2, -0.15) is 15.2 Å². The molecule has 0 spiro atoms. The predicted octanol–water partition coefficient (Wildman–Crippen LogP) is 10.7. The van der Waals surface area contributed by atoms with Crippen molar-refractivity contribution in [2.24, 2.45) is 0 Å². The van der Waals surface area contributed by atoms with Crippen molar-refractivity contribution in [3.8, 4) is 12.1 Å². The lowest BCUT2D eigenvalue weighted by molar-refractivity contribution is -0.131. The molecule has 2 atom stereocenters. The lowest BCUT2D eigenvalue weighted by Crippen LogP contribution is -2.55. The number of hydrogen-bond donors (Lipinski definition) is 0. The van der Waals surface area contributed by atoms with Gasteiger partial charge in [-0.3, -0.25) is 4.79 Å². The number of carbonyl (C=O) groups is 1. The third-order valence-electron chi connectivity index (χ3n) is 7.76. The van der Waals surface area contributed by atoms with Crippen LogP contribution in [-0.2, 0) is 17.6 Å². The number of piperazine rings is 1. The van der Waals surface area contributed by atoms with E-state index in [0.717, 1.165) is 53.3 Å². The van der Waals surface area contributed by atoms with Crippen LogP contribution < -0.4 is 9.64 Å². The fourth-order valence-corrected chi connectivity index (χ4v) is 5.59. The van der Waals surface area contributed by atoms with Crippen LogP contribution in [0.15, 0.2) is 36.7 Å². The van der Waals surface area contributed by atoms with Crippen LogP contribution in [0.25, 0.3) is 0 Å². The van der Waals surface area contributed by atoms with E-state index in [4.69, 9.17) is 26.3 Å². The highest BCUT2D eigenvalue weighted by molar-refractivity contribution is 6.31. The Morgan fingerprint density at radius 1 is 1.06 bits per heavy atom. The molecular formula is C39H63ClFN5O2. The summed E-state index contributed by atoms with van der Waals surface area (Å²) in [5, 5.41) is 10.1. The number of aryl methyl sites for hydroxylation is 1. The number of rotatable bonds is 14. The van der Waals surface area contributed by atoms with Crippen LogP contribution in [0.1, 0.15) is 136 Å². The fourth-order valence-electron chi connectivity index (χ4n) is 5.36. The summed E-state index contributed by atoms with van der Waals surface area (Å²) in [6.07, 6.45) is 11.7. The van der Waals surface area contributed by atoms with Crippen molar-refractivity contribution >= 4 is 23.3 Å². The van der Waals surface area contributed by atoms with Crippen LogP contribution in [0, 0.1) is 11.3 Å². The van der Waals surface area contributed by atoms with E-state index >= 15 is 0 Å². The number of ether oxygens (including phenoxy) is 1. The smallest absolute Gasteiger partial charge is 0.318 e. The summed E-state index contributed by atoms with van der Waals surface area (Å²) in [4.78, 5) is 25.2. The first-order valence-electron chi connectivity index (χ1n) is 18.1. The molecule has 0 radical (unpaired) electrons. The number of halogens is 2. The molecule has 0 bridgehead atoms. The molecule has 1 aliphatic heterocycles. The molecule has 0 N–H and O–H groups in total. The number of benzene rings is 1. The number of nitriles is 1. The zero-order valence-corrected chi connectivity index (χ0v) is 32.1. The number of carbonyl (C=O) groups excluding carboxylic acids is 1. The molecular weight excluding hydrogens is 625 g/mol. The third-order valence-corrected chi connectivity index (χ3v) is 8.13. The van der Waals surface area contributed by atoms with Gasteiger partial charge in [-0.15, -0.1) is 0 Å². The van der Waals surface area contributed by atoms with Gasteiger partial charge >= 0.3 is 6.01 Å². The third kappa shape index (κ3) is 15.4. The molecule has 1 aromatic heterocycles. The Morgan fingerprint density at radius 3 is 2.21 bits per heavy atom. The molecule has 1 amide bonds. The molecule has 1 fully saturated rings. The molecule has 1 aliphatic rings. The summed E-state index contributed by atoms with van der Waals surface area (Å²) < 4.78 is 19.1. The molecule has 2 heterocycles. The highest BCUT2D eigenvalue weighted by Crippen LogP contribution is 2.33. The van der Waals surface area contributed by atoms with Crippen molar-refractivity contribution in [1.29, 1.82) is 5.26 Å². The number of methoxy groups -OCH3 is 1. The van der Waals surface area contributed by atoms with Crippen LogP contribution >= 0.6 is 11.6 Å². The first kappa shape index (κ1) is 44.8. The zero-order valence-electron chi connectivity index (χ0n) is 31.4. The van der Waals surface area contributed by atoms with E-state index in [9.17, 15) is 14.4 Å². The first-order chi connectivity index (χ1) is 23.1. The number of nitrogens with zero attached hydrogens (tertiary/aromatic N) is 5. The molecule has 9 heteroatoms. The van der Waals surface area contributed by atoms with Crippen LogP contribution in [0.2, 0.25) is 5.02 Å². The molecule has 0 aliphatic carbocycles. The standard InChI is InChI=1S/C27H33ClFN5O2.C7H16.C3H8.C2H6/c1-5-8-22-24(18(2)11-12-20-9-6-7-10-23(20)28)31-27(36-4)32-25(22)33-15-16-34(26(35)19(3)29)21(17-33)13-14-30;1-3-5-7-6-4-2;1-3-2;1-2/h6-7,9-10,18,21H,3,5,8,11-13,15-17H2,1-2,4H3;3-7H2,1-2H3;3H2,1-2H3;1-2H3. The number of anilines is 1. The molecule has 2 aromatic rings. The minimum absolute atomic E-state index is 0.0853. The Balaban J connectivity index is 0.00000159. The fraction of sp³-hybridized carbons (Fsp3) is 0.641. The second-order valence-corrected chi connectivity index (χ2v) is 12.2. The molecule has 7 nitrogen and oxygen atoms in total. The molecule has 2 unspecified atom stereocenters. The highest BCUT2D eigenvalue weighted by Gasteiger charge is 2.34. The van der Waals surface area contributed by atoms with Crippen molar-refractivity contribution in [2.75, 3.05) is 31.6 Å². The van der Waals surface area contributed by atoms with Gasteiger partial charge < -0.3 is 14.5 Å². The van der Waals surface area contributed by atoms with Crippen LogP contribution in [0.3, 0.4) is 0 Å². The Labute approximate surface area is 296 Å². The maximum Gasteiger partial charge on any atom is 0.318 e. The Bertz CT molecular complexity index is 1230. The molecule has 48 heavy (non-hydrogen) atoms. The van der Waals surface area contributed by atoms with Gasteiger partial charge in [0.2, 0.25) is 0 Å². The van der Waals surface area contributed by atoms with Gasteiger partial charge in [-0.1, -0.05) is 137 Å². The van der Waals surface area contributed by atoms with Crippen molar-refractivity contribution in [1.82, 2.24) is 14.9 Å². The van der Waals surface area contributed by atoms with E-state index in [1.807, 2.05) is 38.1 Å². The monoisotopic (exact) mass is 687 g/mol. The van der Waals surface area contributed by atoms with Gasteiger partial charge in [0.1, 0.15) is 5.82 Å². The van der Waals surface area contributed by atoms with E-state index in [1.165, 1.54) is 43.4 Å². The second-order valence-electron chi connectivity index (χ2n) is 11.8. The second kappa shape index (κ2) is 26.7. The SMILES string of the molecule is C=C(F)C(=O)N1CCN(c2nc(OC)nc(C(C)CCc3ccccc3Cl)c2CCC)CC1CC#N.CC.CCC.CCCCCCC. The average Bonchev–Trinajstić information content (AvgIpc) is 3.09.